The predicted octanol–water partition coefficient (Wildman–Crippen LogP) is 0.750. The Balaban J connectivity index is 1.76. The first-order valence-corrected chi connectivity index (χ1v) is 7.00. The van der Waals surface area contributed by atoms with Crippen LogP contribution in [0.25, 0.3) is 0 Å². The Morgan fingerprint density at radius 2 is 1.68 bits per heavy atom. The quantitative estimate of drug-likeness (QED) is 0.793. The van der Waals surface area contributed by atoms with Crippen LogP contribution in [0.3, 0.4) is 0 Å². The minimum Gasteiger partial charge on any atom is -0.481 e. The molecule has 0 saturated carbocycles. The molecular weight excluding hydrogens is 248 g/mol. The number of hydrogen-bond donors (Lipinski definition) is 2. The van der Waals surface area contributed by atoms with Crippen molar-refractivity contribution in [3.8, 4) is 0 Å². The molecule has 2 fully saturated rings. The van der Waals surface area contributed by atoms with Gasteiger partial charge in [-0.15, -0.1) is 0 Å². The molecule has 0 spiro atoms. The lowest BCUT2D eigenvalue weighted by atomic mass is 10.0. The van der Waals surface area contributed by atoms with Gasteiger partial charge in [0.1, 0.15) is 0 Å². The summed E-state index contributed by atoms with van der Waals surface area (Å²) in [7, 11) is 0. The number of aliphatic hydroxyl groups excluding tert-OH is 1. The maximum absolute atomic E-state index is 12.2. The number of likely N-dealkylation sites (tertiary alicyclic amines) is 2. The van der Waals surface area contributed by atoms with Crippen molar-refractivity contribution in [3.05, 3.63) is 0 Å². The van der Waals surface area contributed by atoms with Gasteiger partial charge in [-0.25, -0.2) is 4.79 Å². The number of piperidine rings is 1. The molecular formula is C13H22N2O4. The number of rotatable bonds is 3. The highest BCUT2D eigenvalue weighted by molar-refractivity contribution is 5.75. The molecule has 0 aromatic heterocycles. The molecule has 0 aromatic carbocycles. The van der Waals surface area contributed by atoms with Crippen molar-refractivity contribution in [2.75, 3.05) is 26.2 Å². The molecule has 19 heavy (non-hydrogen) atoms. The lowest BCUT2D eigenvalue weighted by Crippen LogP contribution is -2.46. The largest absolute Gasteiger partial charge is 0.481 e. The van der Waals surface area contributed by atoms with Crippen molar-refractivity contribution in [2.45, 2.75) is 38.2 Å². The number of aliphatic hydroxyl groups is 1. The van der Waals surface area contributed by atoms with Crippen LogP contribution in [0.15, 0.2) is 0 Å². The van der Waals surface area contributed by atoms with Crippen LogP contribution in [0.1, 0.15) is 32.1 Å². The van der Waals surface area contributed by atoms with Crippen LogP contribution in [-0.2, 0) is 4.79 Å². The van der Waals surface area contributed by atoms with Crippen molar-refractivity contribution in [1.29, 1.82) is 0 Å². The smallest absolute Gasteiger partial charge is 0.320 e. The average molecular weight is 270 g/mol. The summed E-state index contributed by atoms with van der Waals surface area (Å²) in [4.78, 5) is 26.4. The van der Waals surface area contributed by atoms with Gasteiger partial charge in [-0.05, 0) is 31.6 Å². The Hall–Kier alpha value is -1.30. The summed E-state index contributed by atoms with van der Waals surface area (Å²) in [6.45, 7) is 2.64. The Morgan fingerprint density at radius 1 is 1.05 bits per heavy atom. The third-order valence-corrected chi connectivity index (χ3v) is 4.06. The number of carboxylic acid groups (broad SMARTS) is 1. The number of carbonyl (C=O) groups is 2. The number of nitrogens with zero attached hydrogens (tertiary/aromatic N) is 2. The summed E-state index contributed by atoms with van der Waals surface area (Å²) in [5.41, 5.74) is 0. The fraction of sp³-hybridized carbons (Fsp3) is 0.846. The van der Waals surface area contributed by atoms with E-state index in [-0.39, 0.29) is 18.6 Å². The van der Waals surface area contributed by atoms with E-state index in [0.717, 1.165) is 13.0 Å². The molecule has 0 aliphatic carbocycles. The summed E-state index contributed by atoms with van der Waals surface area (Å²) in [6, 6.07) is 0.0460. The molecule has 2 amide bonds. The zero-order chi connectivity index (χ0) is 13.8. The number of amides is 2. The van der Waals surface area contributed by atoms with E-state index in [1.165, 1.54) is 0 Å². The molecule has 0 bridgehead atoms. The fourth-order valence-corrected chi connectivity index (χ4v) is 2.83. The monoisotopic (exact) mass is 270 g/mol. The van der Waals surface area contributed by atoms with E-state index >= 15 is 0 Å². The summed E-state index contributed by atoms with van der Waals surface area (Å²) < 4.78 is 0. The molecule has 2 N–H and O–H groups in total. The van der Waals surface area contributed by atoms with E-state index in [1.807, 2.05) is 4.90 Å². The summed E-state index contributed by atoms with van der Waals surface area (Å²) in [6.07, 6.45) is 2.77. The number of aliphatic carboxylic acids is 1. The molecule has 108 valence electrons. The van der Waals surface area contributed by atoms with Gasteiger partial charge >= 0.3 is 12.0 Å². The van der Waals surface area contributed by atoms with Gasteiger partial charge in [0.25, 0.3) is 0 Å². The summed E-state index contributed by atoms with van der Waals surface area (Å²) in [5.74, 6) is -0.453. The topological polar surface area (TPSA) is 81.1 Å². The highest BCUT2D eigenvalue weighted by Crippen LogP contribution is 2.23. The first-order valence-electron chi connectivity index (χ1n) is 7.00. The van der Waals surface area contributed by atoms with Gasteiger partial charge < -0.3 is 20.0 Å². The van der Waals surface area contributed by atoms with Crippen LogP contribution in [-0.4, -0.2) is 64.3 Å². The van der Waals surface area contributed by atoms with Gasteiger partial charge in [-0.1, -0.05) is 0 Å². The zero-order valence-corrected chi connectivity index (χ0v) is 11.1. The summed E-state index contributed by atoms with van der Waals surface area (Å²) in [5, 5.41) is 18.1. The number of carboxylic acids is 1. The van der Waals surface area contributed by atoms with Gasteiger partial charge in [0, 0.05) is 32.6 Å². The van der Waals surface area contributed by atoms with Crippen LogP contribution in [0.2, 0.25) is 0 Å². The molecule has 2 saturated heterocycles. The van der Waals surface area contributed by atoms with Crippen molar-refractivity contribution in [2.24, 2.45) is 5.92 Å². The highest BCUT2D eigenvalue weighted by atomic mass is 16.4. The standard InChI is InChI=1S/C13H22N2O4/c16-11-4-7-14(8-5-11)13(19)15-6-3-10(9-15)1-2-12(17)18/h10-11,16H,1-9H2,(H,17,18). The molecule has 2 aliphatic heterocycles. The molecule has 1 unspecified atom stereocenters. The third-order valence-electron chi connectivity index (χ3n) is 4.06. The second-order valence-corrected chi connectivity index (χ2v) is 5.53. The molecule has 6 heteroatoms. The minimum atomic E-state index is -0.769. The van der Waals surface area contributed by atoms with Gasteiger partial charge in [0.2, 0.25) is 0 Å². The van der Waals surface area contributed by atoms with Crippen molar-refractivity contribution in [3.63, 3.8) is 0 Å². The number of hydrogen-bond acceptors (Lipinski definition) is 3. The Bertz CT molecular complexity index is 340. The molecule has 2 heterocycles. The number of urea groups is 1. The highest BCUT2D eigenvalue weighted by Gasteiger charge is 2.31. The van der Waals surface area contributed by atoms with Gasteiger partial charge in [0.15, 0.2) is 0 Å². The summed E-state index contributed by atoms with van der Waals surface area (Å²) >= 11 is 0. The van der Waals surface area contributed by atoms with E-state index in [4.69, 9.17) is 5.11 Å². The fourth-order valence-electron chi connectivity index (χ4n) is 2.83. The molecule has 2 aliphatic rings. The molecule has 0 aromatic rings. The van der Waals surface area contributed by atoms with Crippen LogP contribution < -0.4 is 0 Å². The molecule has 0 radical (unpaired) electrons. The van der Waals surface area contributed by atoms with E-state index in [0.29, 0.717) is 44.8 Å². The lowest BCUT2D eigenvalue weighted by molar-refractivity contribution is -0.137. The van der Waals surface area contributed by atoms with E-state index < -0.39 is 5.97 Å². The Morgan fingerprint density at radius 3 is 2.32 bits per heavy atom. The average Bonchev–Trinajstić information content (AvgIpc) is 2.85. The normalized spacial score (nSPS) is 24.8. The van der Waals surface area contributed by atoms with E-state index in [9.17, 15) is 14.7 Å². The van der Waals surface area contributed by atoms with Gasteiger partial charge in [0.05, 0.1) is 6.10 Å². The second kappa shape index (κ2) is 6.23. The molecule has 6 nitrogen and oxygen atoms in total. The van der Waals surface area contributed by atoms with Crippen LogP contribution in [0.4, 0.5) is 4.79 Å². The molecule has 1 atom stereocenters. The first-order chi connectivity index (χ1) is 9.06. The van der Waals surface area contributed by atoms with Crippen molar-refractivity contribution >= 4 is 12.0 Å². The van der Waals surface area contributed by atoms with Gasteiger partial charge in [-0.2, -0.15) is 0 Å². The van der Waals surface area contributed by atoms with Gasteiger partial charge in [-0.3, -0.25) is 4.79 Å². The Labute approximate surface area is 113 Å². The zero-order valence-electron chi connectivity index (χ0n) is 11.1. The lowest BCUT2D eigenvalue weighted by Gasteiger charge is -2.33. The molecule has 2 rings (SSSR count). The first kappa shape index (κ1) is 14.1. The maximum Gasteiger partial charge on any atom is 0.320 e. The minimum absolute atomic E-state index is 0.0460. The SMILES string of the molecule is O=C(O)CCC1CCN(C(=O)N2CCC(O)CC2)C1. The maximum atomic E-state index is 12.2. The Kier molecular flexibility index (Phi) is 4.63. The van der Waals surface area contributed by atoms with Crippen LogP contribution >= 0.6 is 0 Å². The van der Waals surface area contributed by atoms with Crippen LogP contribution in [0.5, 0.6) is 0 Å². The predicted molar refractivity (Wildman–Crippen MR) is 68.8 cm³/mol. The van der Waals surface area contributed by atoms with E-state index in [2.05, 4.69) is 0 Å². The van der Waals surface area contributed by atoms with Crippen molar-refractivity contribution < 1.29 is 19.8 Å². The van der Waals surface area contributed by atoms with E-state index in [1.54, 1.807) is 4.90 Å². The number of carbonyl (C=O) groups excluding carboxylic acids is 1. The second-order valence-electron chi connectivity index (χ2n) is 5.53. The third kappa shape index (κ3) is 3.83. The van der Waals surface area contributed by atoms with Crippen molar-refractivity contribution in [1.82, 2.24) is 9.80 Å². The van der Waals surface area contributed by atoms with Crippen LogP contribution in [0, 0.1) is 5.92 Å².